The predicted molar refractivity (Wildman–Crippen MR) is 161 cm³/mol. The van der Waals surface area contributed by atoms with E-state index in [2.05, 4.69) is 58.6 Å². The van der Waals surface area contributed by atoms with Gasteiger partial charge in [0.15, 0.2) is 5.76 Å². The van der Waals surface area contributed by atoms with Gasteiger partial charge in [0.25, 0.3) is 5.91 Å². The summed E-state index contributed by atoms with van der Waals surface area (Å²) in [5, 5.41) is 2.26. The van der Waals surface area contributed by atoms with Crippen molar-refractivity contribution in [2.45, 2.75) is 52.1 Å². The van der Waals surface area contributed by atoms with Crippen LogP contribution in [0.2, 0.25) is 0 Å². The molecule has 5 aromatic rings. The second kappa shape index (κ2) is 9.23. The third kappa shape index (κ3) is 3.98. The normalized spacial score (nSPS) is 21.8. The van der Waals surface area contributed by atoms with E-state index in [4.69, 9.17) is 9.15 Å². The molecular formula is C35H35N3O3. The number of furan rings is 1. The van der Waals surface area contributed by atoms with Crippen molar-refractivity contribution in [3.63, 3.8) is 0 Å². The Kier molecular flexibility index (Phi) is 5.56. The number of pyridine rings is 1. The third-order valence-electron chi connectivity index (χ3n) is 10.0. The maximum absolute atomic E-state index is 13.5. The third-order valence-corrected chi connectivity index (χ3v) is 10.0. The van der Waals surface area contributed by atoms with Crippen LogP contribution in [0, 0.1) is 24.7 Å². The number of piperidine rings is 1. The van der Waals surface area contributed by atoms with E-state index in [0.717, 1.165) is 64.2 Å². The molecule has 2 saturated carbocycles. The largest absolute Gasteiger partial charge is 0.481 e. The number of rotatable bonds is 6. The van der Waals surface area contributed by atoms with Crippen molar-refractivity contribution >= 4 is 27.8 Å². The van der Waals surface area contributed by atoms with Gasteiger partial charge in [0.1, 0.15) is 5.58 Å². The molecule has 41 heavy (non-hydrogen) atoms. The minimum Gasteiger partial charge on any atom is -0.481 e. The van der Waals surface area contributed by atoms with Gasteiger partial charge in [-0.15, -0.1) is 0 Å². The highest BCUT2D eigenvalue weighted by molar-refractivity contribution is 6.00. The Bertz CT molecular complexity index is 1830. The Labute approximate surface area is 239 Å². The van der Waals surface area contributed by atoms with Crippen LogP contribution in [-0.4, -0.2) is 40.1 Å². The summed E-state index contributed by atoms with van der Waals surface area (Å²) in [6, 6.07) is 19.3. The minimum atomic E-state index is 0.143. The molecule has 8 rings (SSSR count). The highest BCUT2D eigenvalue weighted by atomic mass is 16.5. The Morgan fingerprint density at radius 3 is 2.63 bits per heavy atom. The van der Waals surface area contributed by atoms with Crippen molar-refractivity contribution in [1.29, 1.82) is 0 Å². The maximum Gasteiger partial charge on any atom is 0.254 e. The number of hydrogen-bond donors (Lipinski definition) is 0. The Morgan fingerprint density at radius 2 is 1.88 bits per heavy atom. The summed E-state index contributed by atoms with van der Waals surface area (Å²) in [6.07, 6.45) is 6.71. The minimum absolute atomic E-state index is 0.143. The summed E-state index contributed by atoms with van der Waals surface area (Å²) < 4.78 is 14.4. The molecule has 4 heterocycles. The summed E-state index contributed by atoms with van der Waals surface area (Å²) in [7, 11) is 1.65. The average molecular weight is 546 g/mol. The first kappa shape index (κ1) is 24.7. The van der Waals surface area contributed by atoms with Crippen LogP contribution < -0.4 is 4.74 Å². The van der Waals surface area contributed by atoms with E-state index in [1.165, 1.54) is 30.2 Å². The number of carbonyl (C=O) groups is 1. The van der Waals surface area contributed by atoms with E-state index in [1.54, 1.807) is 13.3 Å². The van der Waals surface area contributed by atoms with Gasteiger partial charge in [-0.05, 0) is 91.8 Å². The quantitative estimate of drug-likeness (QED) is 0.219. The lowest BCUT2D eigenvalue weighted by Crippen LogP contribution is -2.38. The van der Waals surface area contributed by atoms with Gasteiger partial charge in [0.2, 0.25) is 5.88 Å². The molecule has 6 heteroatoms. The highest BCUT2D eigenvalue weighted by Crippen LogP contribution is 2.44. The number of hydrogen-bond acceptors (Lipinski definition) is 4. The van der Waals surface area contributed by atoms with Crippen LogP contribution in [-0.2, 0) is 6.54 Å². The molecule has 6 nitrogen and oxygen atoms in total. The zero-order chi connectivity index (χ0) is 27.8. The van der Waals surface area contributed by atoms with Gasteiger partial charge in [-0.2, -0.15) is 0 Å². The molecule has 0 spiro atoms. The van der Waals surface area contributed by atoms with Crippen molar-refractivity contribution in [2.75, 3.05) is 13.7 Å². The van der Waals surface area contributed by atoms with E-state index < -0.39 is 0 Å². The molecule has 3 unspecified atom stereocenters. The number of aromatic nitrogens is 2. The second-order valence-electron chi connectivity index (χ2n) is 12.4. The van der Waals surface area contributed by atoms with Crippen LogP contribution in [0.25, 0.3) is 44.5 Å². The van der Waals surface area contributed by atoms with E-state index >= 15 is 0 Å². The molecule has 1 saturated heterocycles. The van der Waals surface area contributed by atoms with Crippen molar-refractivity contribution in [2.24, 2.45) is 17.8 Å². The SMILES string of the molecule is COc1cc(-c2ccc3cc(-c4oc5cc(C(=O)N6CC7CCC6C7C)ccc5c4C)n(CC4CC4)c3c2)ccn1. The topological polar surface area (TPSA) is 60.5 Å². The van der Waals surface area contributed by atoms with E-state index in [-0.39, 0.29) is 5.91 Å². The van der Waals surface area contributed by atoms with Crippen molar-refractivity contribution < 1.29 is 13.9 Å². The molecule has 1 amide bonds. The van der Waals surface area contributed by atoms with Crippen LogP contribution in [0.4, 0.5) is 0 Å². The van der Waals surface area contributed by atoms with Crippen LogP contribution >= 0.6 is 0 Å². The molecule has 0 N–H and O–H groups in total. The second-order valence-corrected chi connectivity index (χ2v) is 12.4. The van der Waals surface area contributed by atoms with Gasteiger partial charge in [-0.1, -0.05) is 25.1 Å². The average Bonchev–Trinajstić information content (AvgIpc) is 3.41. The molecular weight excluding hydrogens is 510 g/mol. The van der Waals surface area contributed by atoms with Gasteiger partial charge in [-0.3, -0.25) is 4.79 Å². The summed E-state index contributed by atoms with van der Waals surface area (Å²) in [4.78, 5) is 19.9. The number of aryl methyl sites for hydroxylation is 1. The smallest absolute Gasteiger partial charge is 0.254 e. The van der Waals surface area contributed by atoms with Crippen LogP contribution in [0.15, 0.2) is 65.2 Å². The first-order chi connectivity index (χ1) is 20.0. The summed E-state index contributed by atoms with van der Waals surface area (Å²) >= 11 is 0. The molecule has 3 atom stereocenters. The number of carbonyl (C=O) groups excluding carboxylic acids is 1. The monoisotopic (exact) mass is 545 g/mol. The fourth-order valence-corrected chi connectivity index (χ4v) is 7.39. The fourth-order valence-electron chi connectivity index (χ4n) is 7.39. The van der Waals surface area contributed by atoms with Gasteiger partial charge >= 0.3 is 0 Å². The number of nitrogens with zero attached hydrogens (tertiary/aromatic N) is 3. The Balaban J connectivity index is 1.20. The first-order valence-corrected chi connectivity index (χ1v) is 15.0. The number of amides is 1. The molecule has 0 radical (unpaired) electrons. The van der Waals surface area contributed by atoms with Crippen molar-refractivity contribution in [3.05, 3.63) is 71.9 Å². The fraction of sp³-hybridized carbons (Fsp3) is 0.371. The number of benzene rings is 2. The van der Waals surface area contributed by atoms with E-state index in [9.17, 15) is 4.79 Å². The lowest BCUT2D eigenvalue weighted by Gasteiger charge is -2.27. The van der Waals surface area contributed by atoms with Crippen LogP contribution in [0.1, 0.15) is 48.5 Å². The molecule has 208 valence electrons. The first-order valence-electron chi connectivity index (χ1n) is 15.0. The molecule has 1 aliphatic heterocycles. The number of fused-ring (bicyclic) bond motifs is 4. The lowest BCUT2D eigenvalue weighted by molar-refractivity contribution is 0.0696. The van der Waals surface area contributed by atoms with Gasteiger partial charge in [0.05, 0.1) is 12.8 Å². The van der Waals surface area contributed by atoms with E-state index in [0.29, 0.717) is 29.7 Å². The highest BCUT2D eigenvalue weighted by Gasteiger charge is 2.46. The zero-order valence-electron chi connectivity index (χ0n) is 23.9. The van der Waals surface area contributed by atoms with Crippen molar-refractivity contribution in [1.82, 2.24) is 14.5 Å². The van der Waals surface area contributed by atoms with Crippen molar-refractivity contribution in [3.8, 4) is 28.5 Å². The lowest BCUT2D eigenvalue weighted by atomic mass is 10.0. The number of ether oxygens (including phenoxy) is 1. The molecule has 3 fully saturated rings. The molecule has 3 aliphatic rings. The van der Waals surface area contributed by atoms with Crippen LogP contribution in [0.3, 0.4) is 0 Å². The predicted octanol–water partition coefficient (Wildman–Crippen LogP) is 7.71. The van der Waals surface area contributed by atoms with Gasteiger partial charge in [-0.25, -0.2) is 4.98 Å². The summed E-state index contributed by atoms with van der Waals surface area (Å²) in [5.74, 6) is 3.60. The van der Waals surface area contributed by atoms with E-state index in [1.807, 2.05) is 24.3 Å². The standard InChI is InChI=1S/C35H35N3O3/c1-20-27-9-11-29(20)38(19-27)35(39)26-8-10-28-21(2)34(41-32(28)16-26)31-15-25-7-6-23(24-12-13-36-33(17-24)40-3)14-30(25)37(31)18-22-4-5-22/h6-8,10,12-17,20,22,27,29H,4-5,9,11,18-19H2,1-3H3. The molecule has 2 bridgehead atoms. The summed E-state index contributed by atoms with van der Waals surface area (Å²) in [5.41, 5.74) is 7.15. The zero-order valence-corrected chi connectivity index (χ0v) is 23.9. The van der Waals surface area contributed by atoms with Gasteiger partial charge in [0, 0.05) is 58.8 Å². The maximum atomic E-state index is 13.5. The number of methoxy groups -OCH3 is 1. The summed E-state index contributed by atoms with van der Waals surface area (Å²) in [6.45, 7) is 6.30. The Hall–Kier alpha value is -4.06. The van der Waals surface area contributed by atoms with Gasteiger partial charge < -0.3 is 18.6 Å². The Morgan fingerprint density at radius 1 is 1.02 bits per heavy atom. The molecule has 2 aromatic carbocycles. The molecule has 3 aromatic heterocycles. The van der Waals surface area contributed by atoms with Crippen LogP contribution in [0.5, 0.6) is 5.88 Å². The molecule has 2 aliphatic carbocycles. The number of likely N-dealkylation sites (tertiary alicyclic amines) is 1.